The highest BCUT2D eigenvalue weighted by Gasteiger charge is 2.08. The molecule has 2 N–H and O–H groups in total. The fraction of sp³-hybridized carbons (Fsp3) is 0. The number of hydrogen-bond acceptors (Lipinski definition) is 3. The smallest absolute Gasteiger partial charge is 0.306 e. The van der Waals surface area contributed by atoms with E-state index in [9.17, 15) is 4.79 Å². The van der Waals surface area contributed by atoms with Gasteiger partial charge < -0.3 is 9.97 Å². The Labute approximate surface area is 134 Å². The average Bonchev–Trinajstić information content (AvgIpc) is 3.11. The van der Waals surface area contributed by atoms with E-state index in [0.29, 0.717) is 5.02 Å². The Hall–Kier alpha value is -2.37. The second kappa shape index (κ2) is 5.12. The van der Waals surface area contributed by atoms with Crippen molar-refractivity contribution in [3.63, 3.8) is 0 Å². The minimum atomic E-state index is -0.204. The van der Waals surface area contributed by atoms with Crippen molar-refractivity contribution in [2.75, 3.05) is 0 Å². The van der Waals surface area contributed by atoms with Crippen molar-refractivity contribution in [3.8, 4) is 21.8 Å². The third kappa shape index (κ3) is 2.34. The molecule has 4 aromatic rings. The van der Waals surface area contributed by atoms with Gasteiger partial charge in [0.05, 0.1) is 16.7 Å². The first-order chi connectivity index (χ1) is 10.7. The lowest BCUT2D eigenvalue weighted by Gasteiger charge is -1.98. The number of fused-ring (bicyclic) bond motifs is 1. The lowest BCUT2D eigenvalue weighted by molar-refractivity contribution is 1.21. The Morgan fingerprint density at radius 2 is 1.86 bits per heavy atom. The number of imidazole rings is 1. The molecule has 0 amide bonds. The van der Waals surface area contributed by atoms with Crippen molar-refractivity contribution in [2.45, 2.75) is 0 Å². The van der Waals surface area contributed by atoms with Crippen LogP contribution in [0.3, 0.4) is 0 Å². The molecule has 0 atom stereocenters. The zero-order chi connectivity index (χ0) is 15.1. The van der Waals surface area contributed by atoms with Gasteiger partial charge in [0.1, 0.15) is 5.01 Å². The second-order valence-electron chi connectivity index (χ2n) is 4.89. The number of halogens is 1. The molecule has 0 saturated carbocycles. The van der Waals surface area contributed by atoms with Gasteiger partial charge in [-0.2, -0.15) is 0 Å². The fourth-order valence-electron chi connectivity index (χ4n) is 2.35. The van der Waals surface area contributed by atoms with Crippen LogP contribution in [0.15, 0.2) is 52.6 Å². The van der Waals surface area contributed by atoms with Gasteiger partial charge in [0.15, 0.2) is 0 Å². The Morgan fingerprint density at radius 1 is 1.00 bits per heavy atom. The molecule has 0 unspecified atom stereocenters. The summed E-state index contributed by atoms with van der Waals surface area (Å²) in [6, 6.07) is 13.4. The summed E-state index contributed by atoms with van der Waals surface area (Å²) >= 11 is 7.59. The van der Waals surface area contributed by atoms with Crippen molar-refractivity contribution in [1.29, 1.82) is 0 Å². The zero-order valence-electron chi connectivity index (χ0n) is 11.3. The van der Waals surface area contributed by atoms with Gasteiger partial charge >= 0.3 is 5.69 Å². The number of rotatable bonds is 2. The molecule has 0 bridgehead atoms. The van der Waals surface area contributed by atoms with Crippen molar-refractivity contribution in [2.24, 2.45) is 0 Å². The van der Waals surface area contributed by atoms with E-state index in [1.807, 2.05) is 47.8 Å². The van der Waals surface area contributed by atoms with Crippen molar-refractivity contribution >= 4 is 34.0 Å². The number of nitrogens with zero attached hydrogens (tertiary/aromatic N) is 1. The number of hydrogen-bond donors (Lipinski definition) is 2. The van der Waals surface area contributed by atoms with E-state index < -0.39 is 0 Å². The van der Waals surface area contributed by atoms with Gasteiger partial charge in [-0.05, 0) is 24.3 Å². The molecule has 2 heterocycles. The Kier molecular flexibility index (Phi) is 3.10. The molecule has 0 aliphatic carbocycles. The van der Waals surface area contributed by atoms with E-state index in [-0.39, 0.29) is 5.69 Å². The second-order valence-corrected chi connectivity index (χ2v) is 6.18. The quantitative estimate of drug-likeness (QED) is 0.576. The highest BCUT2D eigenvalue weighted by molar-refractivity contribution is 7.13. The Bertz CT molecular complexity index is 1030. The number of aromatic amines is 2. The maximum absolute atomic E-state index is 11.3. The SMILES string of the molecule is O=c1[nH]c2ccc(-c3csc(-c4cccc(Cl)c4)n3)cc2[nH]1. The van der Waals surface area contributed by atoms with Crippen LogP contribution in [0.1, 0.15) is 0 Å². The average molecular weight is 328 g/mol. The highest BCUT2D eigenvalue weighted by Crippen LogP contribution is 2.30. The van der Waals surface area contributed by atoms with Crippen molar-refractivity contribution in [3.05, 3.63) is 63.4 Å². The van der Waals surface area contributed by atoms with Gasteiger partial charge in [-0.3, -0.25) is 0 Å². The minimum Gasteiger partial charge on any atom is -0.306 e. The van der Waals surface area contributed by atoms with E-state index in [4.69, 9.17) is 11.6 Å². The van der Waals surface area contributed by atoms with Crippen LogP contribution in [0.4, 0.5) is 0 Å². The van der Waals surface area contributed by atoms with Crippen LogP contribution in [0.25, 0.3) is 32.9 Å². The first kappa shape index (κ1) is 13.3. The van der Waals surface area contributed by atoms with Crippen LogP contribution in [-0.2, 0) is 0 Å². The molecule has 0 fully saturated rings. The van der Waals surface area contributed by atoms with E-state index in [0.717, 1.165) is 32.9 Å². The van der Waals surface area contributed by atoms with Gasteiger partial charge in [-0.25, -0.2) is 9.78 Å². The van der Waals surface area contributed by atoms with Gasteiger partial charge in [-0.1, -0.05) is 29.8 Å². The molecular formula is C16H10ClN3OS. The molecular weight excluding hydrogens is 318 g/mol. The summed E-state index contributed by atoms with van der Waals surface area (Å²) < 4.78 is 0. The maximum Gasteiger partial charge on any atom is 0.323 e. The largest absolute Gasteiger partial charge is 0.323 e. The minimum absolute atomic E-state index is 0.204. The highest BCUT2D eigenvalue weighted by atomic mass is 35.5. The number of H-pyrrole nitrogens is 2. The molecule has 2 aromatic carbocycles. The van der Waals surface area contributed by atoms with Crippen LogP contribution in [0, 0.1) is 0 Å². The van der Waals surface area contributed by atoms with Gasteiger partial charge in [0.2, 0.25) is 0 Å². The lowest BCUT2D eigenvalue weighted by Crippen LogP contribution is -1.99. The van der Waals surface area contributed by atoms with Gasteiger partial charge in [-0.15, -0.1) is 11.3 Å². The molecule has 0 aliphatic rings. The van der Waals surface area contributed by atoms with Crippen molar-refractivity contribution < 1.29 is 0 Å². The Morgan fingerprint density at radius 3 is 2.73 bits per heavy atom. The third-order valence-corrected chi connectivity index (χ3v) is 4.51. The molecule has 4 nitrogen and oxygen atoms in total. The normalized spacial score (nSPS) is 11.1. The summed E-state index contributed by atoms with van der Waals surface area (Å²) in [5.74, 6) is 0. The molecule has 108 valence electrons. The van der Waals surface area contributed by atoms with Gasteiger partial charge in [0.25, 0.3) is 0 Å². The predicted molar refractivity (Wildman–Crippen MR) is 90.5 cm³/mol. The molecule has 22 heavy (non-hydrogen) atoms. The predicted octanol–water partition coefficient (Wildman–Crippen LogP) is 4.30. The molecule has 0 aliphatic heterocycles. The zero-order valence-corrected chi connectivity index (χ0v) is 12.8. The summed E-state index contributed by atoms with van der Waals surface area (Å²) in [5.41, 5.74) is 4.21. The van der Waals surface area contributed by atoms with E-state index in [2.05, 4.69) is 15.0 Å². The molecule has 2 aromatic heterocycles. The summed E-state index contributed by atoms with van der Waals surface area (Å²) in [6.07, 6.45) is 0. The van der Waals surface area contributed by atoms with Crippen LogP contribution < -0.4 is 5.69 Å². The third-order valence-electron chi connectivity index (χ3n) is 3.39. The molecule has 0 spiro atoms. The summed E-state index contributed by atoms with van der Waals surface area (Å²) in [4.78, 5) is 21.5. The van der Waals surface area contributed by atoms with Gasteiger partial charge in [0, 0.05) is 21.5 Å². The van der Waals surface area contributed by atoms with Crippen LogP contribution >= 0.6 is 22.9 Å². The molecule has 6 heteroatoms. The van der Waals surface area contributed by atoms with E-state index >= 15 is 0 Å². The number of aromatic nitrogens is 3. The fourth-order valence-corrected chi connectivity index (χ4v) is 3.37. The first-order valence-corrected chi connectivity index (χ1v) is 7.89. The van der Waals surface area contributed by atoms with Crippen LogP contribution in [0.5, 0.6) is 0 Å². The lowest BCUT2D eigenvalue weighted by atomic mass is 10.1. The van der Waals surface area contributed by atoms with Crippen LogP contribution in [-0.4, -0.2) is 15.0 Å². The summed E-state index contributed by atoms with van der Waals surface area (Å²) in [6.45, 7) is 0. The van der Waals surface area contributed by atoms with Crippen molar-refractivity contribution in [1.82, 2.24) is 15.0 Å². The number of benzene rings is 2. The molecule has 4 rings (SSSR count). The molecule has 0 radical (unpaired) electrons. The molecule has 0 saturated heterocycles. The topological polar surface area (TPSA) is 61.5 Å². The summed E-state index contributed by atoms with van der Waals surface area (Å²) in [7, 11) is 0. The maximum atomic E-state index is 11.3. The monoisotopic (exact) mass is 327 g/mol. The Balaban J connectivity index is 1.77. The summed E-state index contributed by atoms with van der Waals surface area (Å²) in [5, 5.41) is 3.61. The number of nitrogens with one attached hydrogen (secondary N) is 2. The van der Waals surface area contributed by atoms with Crippen LogP contribution in [0.2, 0.25) is 5.02 Å². The number of thiazole rings is 1. The first-order valence-electron chi connectivity index (χ1n) is 6.63. The standard InChI is InChI=1S/C16H10ClN3OS/c17-11-3-1-2-10(6-11)15-18-14(8-22-15)9-4-5-12-13(7-9)20-16(21)19-12/h1-8H,(H2,19,20,21). The van der Waals surface area contributed by atoms with E-state index in [1.165, 1.54) is 0 Å². The van der Waals surface area contributed by atoms with E-state index in [1.54, 1.807) is 11.3 Å².